The number of nitrogens with zero attached hydrogens (tertiary/aromatic N) is 1. The highest BCUT2D eigenvalue weighted by molar-refractivity contribution is 5.81. The summed E-state index contributed by atoms with van der Waals surface area (Å²) in [4.78, 5) is 4.52. The normalized spacial score (nSPS) is 24.0. The summed E-state index contributed by atoms with van der Waals surface area (Å²) in [7, 11) is 0. The molecule has 2 atom stereocenters. The summed E-state index contributed by atoms with van der Waals surface area (Å²) in [5.74, 6) is 0. The first-order chi connectivity index (χ1) is 10.1. The molecule has 112 valence electrons. The number of fused-ring (bicyclic) bond motifs is 1. The average Bonchev–Trinajstić information content (AvgIpc) is 2.50. The zero-order valence-corrected chi connectivity index (χ0v) is 13.1. The largest absolute Gasteiger partial charge is 0.378 e. The van der Waals surface area contributed by atoms with Gasteiger partial charge in [-0.25, -0.2) is 0 Å². The minimum atomic E-state index is 0.202. The van der Waals surface area contributed by atoms with E-state index in [1.165, 1.54) is 10.9 Å². The second-order valence-corrected chi connectivity index (χ2v) is 6.43. The summed E-state index contributed by atoms with van der Waals surface area (Å²) in [6.07, 6.45) is 3.34. The third-order valence-electron chi connectivity index (χ3n) is 4.80. The molecule has 2 aromatic rings. The number of pyridine rings is 1. The van der Waals surface area contributed by atoms with Crippen LogP contribution in [0.1, 0.15) is 32.8 Å². The van der Waals surface area contributed by atoms with Gasteiger partial charge in [0.15, 0.2) is 0 Å². The Morgan fingerprint density at radius 3 is 2.86 bits per heavy atom. The van der Waals surface area contributed by atoms with Gasteiger partial charge in [0, 0.05) is 36.2 Å². The summed E-state index contributed by atoms with van der Waals surface area (Å²) in [5.41, 5.74) is 2.57. The molecule has 1 aromatic carbocycles. The van der Waals surface area contributed by atoms with Gasteiger partial charge in [-0.2, -0.15) is 0 Å². The van der Waals surface area contributed by atoms with E-state index >= 15 is 0 Å². The third kappa shape index (κ3) is 2.68. The topological polar surface area (TPSA) is 34.1 Å². The predicted molar refractivity (Wildman–Crippen MR) is 86.2 cm³/mol. The maximum atomic E-state index is 5.79. The van der Waals surface area contributed by atoms with Gasteiger partial charge in [-0.1, -0.05) is 38.1 Å². The molecule has 0 saturated heterocycles. The fraction of sp³-hybridized carbons (Fsp3) is 0.500. The molecule has 1 heterocycles. The molecular weight excluding hydrogens is 260 g/mol. The SMILES string of the molecule is CCOC1CC(NCc2cccc3cccnc23)C1(C)C. The van der Waals surface area contributed by atoms with Gasteiger partial charge < -0.3 is 10.1 Å². The zero-order valence-electron chi connectivity index (χ0n) is 13.1. The summed E-state index contributed by atoms with van der Waals surface area (Å²) in [5, 5.41) is 4.89. The van der Waals surface area contributed by atoms with Gasteiger partial charge in [-0.15, -0.1) is 0 Å². The predicted octanol–water partition coefficient (Wildman–Crippen LogP) is 3.53. The van der Waals surface area contributed by atoms with Crippen molar-refractivity contribution in [1.29, 1.82) is 0 Å². The zero-order chi connectivity index (χ0) is 14.9. The molecule has 3 nitrogen and oxygen atoms in total. The lowest BCUT2D eigenvalue weighted by molar-refractivity contribution is -0.114. The fourth-order valence-electron chi connectivity index (χ4n) is 3.26. The lowest BCUT2D eigenvalue weighted by Gasteiger charge is -2.52. The summed E-state index contributed by atoms with van der Waals surface area (Å²) in [6.45, 7) is 8.31. The van der Waals surface area contributed by atoms with Crippen molar-refractivity contribution in [2.45, 2.75) is 45.9 Å². The number of ether oxygens (including phenoxy) is 1. The van der Waals surface area contributed by atoms with Crippen LogP contribution in [-0.2, 0) is 11.3 Å². The van der Waals surface area contributed by atoms with Crippen molar-refractivity contribution in [3.05, 3.63) is 42.1 Å². The Bertz CT molecular complexity index is 618. The number of rotatable bonds is 5. The molecule has 0 bridgehead atoms. The number of aromatic nitrogens is 1. The molecule has 3 heteroatoms. The van der Waals surface area contributed by atoms with E-state index in [0.29, 0.717) is 12.1 Å². The van der Waals surface area contributed by atoms with Crippen molar-refractivity contribution in [3.8, 4) is 0 Å². The third-order valence-corrected chi connectivity index (χ3v) is 4.80. The highest BCUT2D eigenvalue weighted by Gasteiger charge is 2.48. The van der Waals surface area contributed by atoms with Crippen LogP contribution >= 0.6 is 0 Å². The molecule has 1 aliphatic rings. The van der Waals surface area contributed by atoms with Gasteiger partial charge >= 0.3 is 0 Å². The Kier molecular flexibility index (Phi) is 3.96. The summed E-state index contributed by atoms with van der Waals surface area (Å²) >= 11 is 0. The van der Waals surface area contributed by atoms with Crippen LogP contribution in [0, 0.1) is 5.41 Å². The highest BCUT2D eigenvalue weighted by Crippen LogP contribution is 2.42. The average molecular weight is 284 g/mol. The molecule has 2 unspecified atom stereocenters. The van der Waals surface area contributed by atoms with Crippen LogP contribution in [0.3, 0.4) is 0 Å². The van der Waals surface area contributed by atoms with Crippen molar-refractivity contribution in [2.24, 2.45) is 5.41 Å². The maximum absolute atomic E-state index is 5.79. The lowest BCUT2D eigenvalue weighted by atomic mass is 9.64. The van der Waals surface area contributed by atoms with E-state index in [2.05, 4.69) is 55.3 Å². The van der Waals surface area contributed by atoms with Crippen LogP contribution in [-0.4, -0.2) is 23.7 Å². The second kappa shape index (κ2) is 5.74. The first kappa shape index (κ1) is 14.5. The van der Waals surface area contributed by atoms with Gasteiger partial charge in [0.2, 0.25) is 0 Å². The van der Waals surface area contributed by atoms with Crippen molar-refractivity contribution in [3.63, 3.8) is 0 Å². The summed E-state index contributed by atoms with van der Waals surface area (Å²) < 4.78 is 5.79. The quantitative estimate of drug-likeness (QED) is 0.912. The fourth-order valence-corrected chi connectivity index (χ4v) is 3.26. The van der Waals surface area contributed by atoms with E-state index in [1.807, 2.05) is 12.3 Å². The smallest absolute Gasteiger partial charge is 0.0746 e. The molecule has 1 aliphatic carbocycles. The molecular formula is C18H24N2O. The Labute approximate surface area is 126 Å². The van der Waals surface area contributed by atoms with Crippen molar-refractivity contribution in [1.82, 2.24) is 10.3 Å². The van der Waals surface area contributed by atoms with Crippen molar-refractivity contribution in [2.75, 3.05) is 6.61 Å². The molecule has 21 heavy (non-hydrogen) atoms. The summed E-state index contributed by atoms with van der Waals surface area (Å²) in [6, 6.07) is 11.0. The maximum Gasteiger partial charge on any atom is 0.0746 e. The van der Waals surface area contributed by atoms with Crippen LogP contribution in [0.25, 0.3) is 10.9 Å². The molecule has 0 radical (unpaired) electrons. The number of benzene rings is 1. The Morgan fingerprint density at radius 2 is 2.10 bits per heavy atom. The van der Waals surface area contributed by atoms with Crippen LogP contribution in [0.5, 0.6) is 0 Å². The number of hydrogen-bond acceptors (Lipinski definition) is 3. The van der Waals surface area contributed by atoms with Crippen LogP contribution < -0.4 is 5.32 Å². The first-order valence-electron chi connectivity index (χ1n) is 7.80. The van der Waals surface area contributed by atoms with E-state index in [4.69, 9.17) is 4.74 Å². The monoisotopic (exact) mass is 284 g/mol. The molecule has 3 rings (SSSR count). The van der Waals surface area contributed by atoms with Crippen LogP contribution in [0.2, 0.25) is 0 Å². The van der Waals surface area contributed by atoms with E-state index in [0.717, 1.165) is 25.1 Å². The number of hydrogen-bond donors (Lipinski definition) is 1. The van der Waals surface area contributed by atoms with E-state index in [9.17, 15) is 0 Å². The Morgan fingerprint density at radius 1 is 1.29 bits per heavy atom. The minimum Gasteiger partial charge on any atom is -0.378 e. The van der Waals surface area contributed by atoms with Crippen LogP contribution in [0.4, 0.5) is 0 Å². The Hall–Kier alpha value is -1.45. The molecule has 1 saturated carbocycles. The molecule has 1 N–H and O–H groups in total. The van der Waals surface area contributed by atoms with Crippen molar-refractivity contribution < 1.29 is 4.74 Å². The van der Waals surface area contributed by atoms with Gasteiger partial charge in [0.1, 0.15) is 0 Å². The minimum absolute atomic E-state index is 0.202. The molecule has 0 spiro atoms. The van der Waals surface area contributed by atoms with Gasteiger partial charge in [0.25, 0.3) is 0 Å². The van der Waals surface area contributed by atoms with Crippen LogP contribution in [0.15, 0.2) is 36.5 Å². The van der Waals surface area contributed by atoms with E-state index in [1.54, 1.807) is 0 Å². The second-order valence-electron chi connectivity index (χ2n) is 6.43. The van der Waals surface area contributed by atoms with Gasteiger partial charge in [0.05, 0.1) is 11.6 Å². The lowest BCUT2D eigenvalue weighted by Crippen LogP contribution is -2.60. The first-order valence-corrected chi connectivity index (χ1v) is 7.80. The molecule has 1 fully saturated rings. The number of nitrogens with one attached hydrogen (secondary N) is 1. The number of para-hydroxylation sites is 1. The van der Waals surface area contributed by atoms with Gasteiger partial charge in [-0.3, -0.25) is 4.98 Å². The highest BCUT2D eigenvalue weighted by atomic mass is 16.5. The van der Waals surface area contributed by atoms with Gasteiger partial charge in [-0.05, 0) is 25.0 Å². The molecule has 0 amide bonds. The Balaban J connectivity index is 1.68. The van der Waals surface area contributed by atoms with Crippen molar-refractivity contribution >= 4 is 10.9 Å². The van der Waals surface area contributed by atoms with E-state index < -0.39 is 0 Å². The molecule has 1 aromatic heterocycles. The van der Waals surface area contributed by atoms with E-state index in [-0.39, 0.29) is 5.41 Å². The molecule has 0 aliphatic heterocycles. The standard InChI is InChI=1S/C18H24N2O/c1-4-21-16-11-15(18(16,2)3)20-12-14-8-5-7-13-9-6-10-19-17(13)14/h5-10,15-16,20H,4,11-12H2,1-3H3.